The van der Waals surface area contributed by atoms with Crippen LogP contribution in [0.1, 0.15) is 84.5 Å². The van der Waals surface area contributed by atoms with E-state index in [2.05, 4.69) is 19.9 Å². The van der Waals surface area contributed by atoms with Crippen molar-refractivity contribution < 1.29 is 19.8 Å². The molecule has 4 atom stereocenters. The Morgan fingerprint density at radius 1 is 1.24 bits per heavy atom. The van der Waals surface area contributed by atoms with Crippen molar-refractivity contribution in [3.63, 3.8) is 0 Å². The number of rotatable bonds is 13. The highest BCUT2D eigenvalue weighted by molar-refractivity contribution is 5.83. The first-order valence-corrected chi connectivity index (χ1v) is 10.1. The maximum Gasteiger partial charge on any atom is 0.303 e. The summed E-state index contributed by atoms with van der Waals surface area (Å²) in [6, 6.07) is 0. The number of allylic oxidation sites excluding steroid dienone is 1. The van der Waals surface area contributed by atoms with E-state index in [0.717, 1.165) is 57.8 Å². The molecule has 0 aromatic rings. The molecule has 1 saturated carbocycles. The molecule has 0 bridgehead atoms. The van der Waals surface area contributed by atoms with Crippen molar-refractivity contribution in [2.24, 2.45) is 17.8 Å². The second-order valence-corrected chi connectivity index (χ2v) is 7.45. The number of ketones is 1. The van der Waals surface area contributed by atoms with Gasteiger partial charge in [0.15, 0.2) is 0 Å². The Balaban J connectivity index is 2.40. The van der Waals surface area contributed by atoms with Gasteiger partial charge in [-0.15, -0.1) is 0 Å². The SMILES string of the molecule is CCCC(CC)C(O)C=C[C@@H]1CCC(=O)[C@H]1CCCCCCC(=O)O. The van der Waals surface area contributed by atoms with Gasteiger partial charge in [-0.25, -0.2) is 0 Å². The van der Waals surface area contributed by atoms with Crippen LogP contribution < -0.4 is 0 Å². The van der Waals surface area contributed by atoms with Crippen LogP contribution >= 0.6 is 0 Å². The molecule has 1 rings (SSSR count). The minimum absolute atomic E-state index is 0.0918. The number of carbonyl (C=O) groups excluding carboxylic acids is 1. The van der Waals surface area contributed by atoms with Gasteiger partial charge in [0, 0.05) is 18.8 Å². The normalized spacial score (nSPS) is 23.2. The highest BCUT2D eigenvalue weighted by atomic mass is 16.4. The maximum atomic E-state index is 12.2. The van der Waals surface area contributed by atoms with E-state index in [1.807, 2.05) is 6.08 Å². The van der Waals surface area contributed by atoms with E-state index in [0.29, 0.717) is 18.1 Å². The van der Waals surface area contributed by atoms with Crippen LogP contribution in [0.4, 0.5) is 0 Å². The summed E-state index contributed by atoms with van der Waals surface area (Å²) in [5, 5.41) is 19.0. The molecule has 0 radical (unpaired) electrons. The van der Waals surface area contributed by atoms with Gasteiger partial charge < -0.3 is 10.2 Å². The van der Waals surface area contributed by atoms with Gasteiger partial charge in [-0.1, -0.05) is 58.1 Å². The van der Waals surface area contributed by atoms with Crippen molar-refractivity contribution in [3.05, 3.63) is 12.2 Å². The van der Waals surface area contributed by atoms with Gasteiger partial charge in [-0.3, -0.25) is 9.59 Å². The van der Waals surface area contributed by atoms with Gasteiger partial charge in [0.2, 0.25) is 0 Å². The topological polar surface area (TPSA) is 74.6 Å². The van der Waals surface area contributed by atoms with Gasteiger partial charge in [0.05, 0.1) is 6.10 Å². The second kappa shape index (κ2) is 12.2. The fraction of sp³-hybridized carbons (Fsp3) is 0.810. The number of aliphatic carboxylic acids is 1. The Labute approximate surface area is 152 Å². The monoisotopic (exact) mass is 352 g/mol. The van der Waals surface area contributed by atoms with Gasteiger partial charge in [0.1, 0.15) is 5.78 Å². The summed E-state index contributed by atoms with van der Waals surface area (Å²) in [6.07, 6.45) is 13.0. The predicted octanol–water partition coefficient (Wildman–Crippen LogP) is 4.75. The number of carbonyl (C=O) groups is 2. The van der Waals surface area contributed by atoms with Crippen LogP contribution in [0.25, 0.3) is 0 Å². The van der Waals surface area contributed by atoms with E-state index in [-0.39, 0.29) is 18.3 Å². The summed E-state index contributed by atoms with van der Waals surface area (Å²) in [4.78, 5) is 22.6. The fourth-order valence-electron chi connectivity index (χ4n) is 3.93. The van der Waals surface area contributed by atoms with Crippen molar-refractivity contribution in [2.45, 2.75) is 90.6 Å². The third-order valence-corrected chi connectivity index (χ3v) is 5.53. The Bertz CT molecular complexity index is 430. The number of hydrogen-bond acceptors (Lipinski definition) is 3. The van der Waals surface area contributed by atoms with Gasteiger partial charge in [-0.2, -0.15) is 0 Å². The molecule has 4 nitrogen and oxygen atoms in total. The lowest BCUT2D eigenvalue weighted by molar-refractivity contribution is -0.137. The van der Waals surface area contributed by atoms with Crippen LogP contribution in [0.5, 0.6) is 0 Å². The molecule has 2 N–H and O–H groups in total. The maximum absolute atomic E-state index is 12.2. The summed E-state index contributed by atoms with van der Waals surface area (Å²) < 4.78 is 0. The lowest BCUT2D eigenvalue weighted by Gasteiger charge is -2.19. The van der Waals surface area contributed by atoms with E-state index in [4.69, 9.17) is 5.11 Å². The third-order valence-electron chi connectivity index (χ3n) is 5.53. The lowest BCUT2D eigenvalue weighted by Crippen LogP contribution is -2.18. The Morgan fingerprint density at radius 3 is 2.60 bits per heavy atom. The highest BCUT2D eigenvalue weighted by Gasteiger charge is 2.32. The number of aliphatic hydroxyl groups excluding tert-OH is 1. The number of hydrogen-bond donors (Lipinski definition) is 2. The van der Waals surface area contributed by atoms with Gasteiger partial charge in [-0.05, 0) is 37.5 Å². The number of Topliss-reactive ketones (excluding diaryl/α,β-unsaturated/α-hetero) is 1. The Morgan fingerprint density at radius 2 is 1.96 bits per heavy atom. The summed E-state index contributed by atoms with van der Waals surface area (Å²) >= 11 is 0. The summed E-state index contributed by atoms with van der Waals surface area (Å²) in [5.74, 6) is 0.291. The number of unbranched alkanes of at least 4 members (excludes halogenated alkanes) is 3. The van der Waals surface area contributed by atoms with Crippen molar-refractivity contribution >= 4 is 11.8 Å². The summed E-state index contributed by atoms with van der Waals surface area (Å²) in [7, 11) is 0. The smallest absolute Gasteiger partial charge is 0.303 e. The average molecular weight is 353 g/mol. The molecule has 0 aromatic carbocycles. The summed E-state index contributed by atoms with van der Waals surface area (Å²) in [6.45, 7) is 4.25. The van der Waals surface area contributed by atoms with E-state index < -0.39 is 12.1 Å². The molecule has 1 fully saturated rings. The zero-order valence-corrected chi connectivity index (χ0v) is 16.0. The first-order valence-electron chi connectivity index (χ1n) is 10.1. The second-order valence-electron chi connectivity index (χ2n) is 7.45. The van der Waals surface area contributed by atoms with Gasteiger partial charge in [0.25, 0.3) is 0 Å². The van der Waals surface area contributed by atoms with Crippen LogP contribution in [0.3, 0.4) is 0 Å². The van der Waals surface area contributed by atoms with E-state index in [1.165, 1.54) is 0 Å². The third kappa shape index (κ3) is 8.17. The molecule has 1 aliphatic carbocycles. The molecule has 4 heteroatoms. The first kappa shape index (κ1) is 21.9. The zero-order valence-electron chi connectivity index (χ0n) is 16.0. The molecule has 0 aromatic heterocycles. The molecule has 0 amide bonds. The highest BCUT2D eigenvalue weighted by Crippen LogP contribution is 2.34. The fourth-order valence-corrected chi connectivity index (χ4v) is 3.93. The van der Waals surface area contributed by atoms with E-state index in [1.54, 1.807) is 0 Å². The lowest BCUT2D eigenvalue weighted by atomic mass is 9.88. The Hall–Kier alpha value is -1.16. The number of carboxylic acid groups (broad SMARTS) is 1. The Kier molecular flexibility index (Phi) is 10.7. The number of aliphatic hydroxyl groups is 1. The zero-order chi connectivity index (χ0) is 18.7. The van der Waals surface area contributed by atoms with Crippen molar-refractivity contribution in [2.75, 3.05) is 0 Å². The van der Waals surface area contributed by atoms with Crippen molar-refractivity contribution in [1.82, 2.24) is 0 Å². The number of carboxylic acids is 1. The molecule has 0 heterocycles. The molecule has 0 saturated heterocycles. The molecular weight excluding hydrogens is 316 g/mol. The van der Waals surface area contributed by atoms with Crippen LogP contribution in [-0.4, -0.2) is 28.1 Å². The van der Waals surface area contributed by atoms with Crippen molar-refractivity contribution in [1.29, 1.82) is 0 Å². The molecule has 1 aliphatic rings. The first-order chi connectivity index (χ1) is 12.0. The van der Waals surface area contributed by atoms with E-state index in [9.17, 15) is 14.7 Å². The standard InChI is InChI=1S/C21H36O4/c1-3-9-16(4-2)19(22)14-12-17-13-15-20(23)18(17)10-7-5-6-8-11-21(24)25/h12,14,16-19,22H,3-11,13,15H2,1-2H3,(H,24,25)/t16?,17-,18+,19?/m1/s1. The molecule has 25 heavy (non-hydrogen) atoms. The molecule has 0 aliphatic heterocycles. The largest absolute Gasteiger partial charge is 0.481 e. The molecule has 2 unspecified atom stereocenters. The van der Waals surface area contributed by atoms with E-state index >= 15 is 0 Å². The minimum Gasteiger partial charge on any atom is -0.481 e. The quantitative estimate of drug-likeness (QED) is 0.370. The molecule has 0 spiro atoms. The average Bonchev–Trinajstić information content (AvgIpc) is 2.93. The van der Waals surface area contributed by atoms with Crippen LogP contribution in [0, 0.1) is 17.8 Å². The van der Waals surface area contributed by atoms with Crippen LogP contribution in [-0.2, 0) is 9.59 Å². The summed E-state index contributed by atoms with van der Waals surface area (Å²) in [5.41, 5.74) is 0. The minimum atomic E-state index is -0.733. The predicted molar refractivity (Wildman–Crippen MR) is 100 cm³/mol. The molecule has 144 valence electrons. The van der Waals surface area contributed by atoms with Gasteiger partial charge >= 0.3 is 5.97 Å². The van der Waals surface area contributed by atoms with Crippen LogP contribution in [0.2, 0.25) is 0 Å². The van der Waals surface area contributed by atoms with Crippen LogP contribution in [0.15, 0.2) is 12.2 Å². The molecular formula is C21H36O4. The van der Waals surface area contributed by atoms with Crippen molar-refractivity contribution in [3.8, 4) is 0 Å².